The third kappa shape index (κ3) is 2.93. The van der Waals surface area contributed by atoms with Crippen molar-refractivity contribution in [2.75, 3.05) is 32.1 Å². The number of terminal acetylenes is 1. The molecule has 3 aliphatic rings. The molecule has 0 radical (unpaired) electrons. The van der Waals surface area contributed by atoms with Crippen molar-refractivity contribution in [2.45, 2.75) is 24.8 Å². The van der Waals surface area contributed by atoms with Crippen LogP contribution in [0.25, 0.3) is 32.9 Å². The van der Waals surface area contributed by atoms with E-state index in [-0.39, 0.29) is 28.6 Å². The van der Waals surface area contributed by atoms with Crippen molar-refractivity contribution in [2.24, 2.45) is 11.8 Å². The largest absolute Gasteiger partial charge is 0.508 e. The highest BCUT2D eigenvalue weighted by Crippen LogP contribution is 2.58. The van der Waals surface area contributed by atoms with Gasteiger partial charge in [-0.05, 0) is 61.4 Å². The molecule has 2 atom stereocenters. The zero-order valence-corrected chi connectivity index (χ0v) is 20.0. The number of phenolic OH excluding ortho intramolecular Hbond substituents is 1. The van der Waals surface area contributed by atoms with Crippen LogP contribution in [-0.4, -0.2) is 47.1 Å². The lowest BCUT2D eigenvalue weighted by Crippen LogP contribution is -2.15. The molecule has 7 rings (SSSR count). The first kappa shape index (κ1) is 21.6. The Morgan fingerprint density at radius 3 is 2.56 bits per heavy atom. The van der Waals surface area contributed by atoms with Gasteiger partial charge in [0.1, 0.15) is 28.6 Å². The van der Waals surface area contributed by atoms with E-state index in [4.69, 9.17) is 16.5 Å². The van der Waals surface area contributed by atoms with Crippen molar-refractivity contribution < 1.29 is 13.9 Å². The van der Waals surface area contributed by atoms with E-state index in [0.717, 1.165) is 37.0 Å². The van der Waals surface area contributed by atoms with E-state index < -0.39 is 11.6 Å². The van der Waals surface area contributed by atoms with E-state index in [0.29, 0.717) is 39.9 Å². The molecule has 36 heavy (non-hydrogen) atoms. The number of nitrogens with one attached hydrogen (secondary N) is 1. The van der Waals surface area contributed by atoms with Gasteiger partial charge in [-0.25, -0.2) is 13.8 Å². The molecule has 1 aliphatic heterocycles. The average Bonchev–Trinajstić information content (AvgIpc) is 3.73. The predicted molar refractivity (Wildman–Crippen MR) is 135 cm³/mol. The summed E-state index contributed by atoms with van der Waals surface area (Å²) in [6.45, 7) is 1.90. The monoisotopic (exact) mass is 485 g/mol. The lowest BCUT2D eigenvalue weighted by Gasteiger charge is -2.18. The van der Waals surface area contributed by atoms with E-state index in [1.54, 1.807) is 0 Å². The number of aromatic hydroxyl groups is 1. The summed E-state index contributed by atoms with van der Waals surface area (Å²) in [6.07, 6.45) is 7.57. The first-order valence-electron chi connectivity index (χ1n) is 12.3. The van der Waals surface area contributed by atoms with Crippen LogP contribution >= 0.6 is 0 Å². The second-order valence-corrected chi connectivity index (χ2v) is 10.4. The van der Waals surface area contributed by atoms with E-state index >= 15 is 4.39 Å². The molecule has 2 aliphatic carbocycles. The third-order valence-electron chi connectivity index (χ3n) is 7.97. The van der Waals surface area contributed by atoms with Crippen LogP contribution in [0.3, 0.4) is 0 Å². The summed E-state index contributed by atoms with van der Waals surface area (Å²) in [5, 5.41) is 20.5. The van der Waals surface area contributed by atoms with Crippen molar-refractivity contribution in [3.63, 3.8) is 0 Å². The fraction of sp³-hybridized carbons (Fsp3) is 0.357. The Hall–Kier alpha value is -3.70. The molecule has 3 heterocycles. The van der Waals surface area contributed by atoms with E-state index in [2.05, 4.69) is 11.2 Å². The van der Waals surface area contributed by atoms with Crippen LogP contribution < -0.4 is 10.2 Å². The van der Waals surface area contributed by atoms with Gasteiger partial charge in [0.15, 0.2) is 5.82 Å². The quantitative estimate of drug-likeness (QED) is 0.415. The van der Waals surface area contributed by atoms with Crippen LogP contribution in [0.5, 0.6) is 5.75 Å². The fourth-order valence-corrected chi connectivity index (χ4v) is 6.10. The maximum absolute atomic E-state index is 16.6. The van der Waals surface area contributed by atoms with Gasteiger partial charge in [0.25, 0.3) is 0 Å². The minimum absolute atomic E-state index is 0.0184. The maximum atomic E-state index is 16.6. The van der Waals surface area contributed by atoms with Crippen molar-refractivity contribution >= 4 is 27.5 Å². The minimum Gasteiger partial charge on any atom is -0.508 e. The van der Waals surface area contributed by atoms with Gasteiger partial charge in [0, 0.05) is 31.0 Å². The number of pyridine rings is 1. The molecule has 0 amide bonds. The van der Waals surface area contributed by atoms with Gasteiger partial charge >= 0.3 is 0 Å². The lowest BCUT2D eigenvalue weighted by atomic mass is 9.95. The number of phenols is 1. The molecule has 8 heteroatoms. The molecule has 2 N–H and O–H groups in total. The summed E-state index contributed by atoms with van der Waals surface area (Å²) < 4.78 is 33.2. The van der Waals surface area contributed by atoms with E-state index in [9.17, 15) is 9.50 Å². The number of anilines is 1. The molecule has 1 saturated heterocycles. The molecule has 182 valence electrons. The predicted octanol–water partition coefficient (Wildman–Crippen LogP) is 4.55. The first-order chi connectivity index (χ1) is 17.4. The molecule has 2 unspecified atom stereocenters. The Morgan fingerprint density at radius 2 is 1.89 bits per heavy atom. The molecule has 3 fully saturated rings. The van der Waals surface area contributed by atoms with E-state index in [1.807, 2.05) is 23.7 Å². The topological polar surface area (TPSA) is 66.2 Å². The normalized spacial score (nSPS) is 22.7. The highest BCUT2D eigenvalue weighted by Gasteiger charge is 2.56. The molecular formula is C28H25F2N5O. The zero-order chi connectivity index (χ0) is 24.9. The van der Waals surface area contributed by atoms with Gasteiger partial charge in [-0.3, -0.25) is 4.68 Å². The van der Waals surface area contributed by atoms with Crippen LogP contribution in [0.2, 0.25) is 0 Å². The Balaban J connectivity index is 1.57. The maximum Gasteiger partial charge on any atom is 0.175 e. The second-order valence-electron chi connectivity index (χ2n) is 10.4. The number of aromatic nitrogens is 3. The Labute approximate surface area is 206 Å². The van der Waals surface area contributed by atoms with Crippen LogP contribution in [0, 0.1) is 35.8 Å². The van der Waals surface area contributed by atoms with Gasteiger partial charge in [-0.15, -0.1) is 6.42 Å². The standard InChI is InChI=1S/C28H25F2N5O/c1-4-16-20(29)8-5-13-9-15(36)10-17(21(13)16)25-24(30)27-23(28(32-25)34(2)3)26(33-35(27)14-6-7-14)22-18-11-31-12-19(18)22/h1,5,8-10,14,18-19,22,31,36H,6-7,11-12H2,2-3H3. The molecule has 2 saturated carbocycles. The number of hydrogen-bond acceptors (Lipinski definition) is 5. The summed E-state index contributed by atoms with van der Waals surface area (Å²) >= 11 is 0. The Morgan fingerprint density at radius 1 is 1.14 bits per heavy atom. The fourth-order valence-electron chi connectivity index (χ4n) is 6.10. The number of piperidine rings is 1. The lowest BCUT2D eigenvalue weighted by molar-refractivity contribution is 0.476. The van der Waals surface area contributed by atoms with Gasteiger partial charge in [-0.2, -0.15) is 5.10 Å². The molecule has 0 spiro atoms. The Bertz CT molecular complexity index is 1620. The molecule has 2 aromatic heterocycles. The number of fused-ring (bicyclic) bond motifs is 3. The number of nitrogens with zero attached hydrogens (tertiary/aromatic N) is 4. The minimum atomic E-state index is -0.578. The van der Waals surface area contributed by atoms with Crippen LogP contribution in [0.15, 0.2) is 24.3 Å². The molecule has 4 aromatic rings. The number of halogens is 2. The summed E-state index contributed by atoms with van der Waals surface area (Å²) in [5.41, 5.74) is 1.66. The SMILES string of the molecule is C#Cc1c(F)ccc2cc(O)cc(-c3nc(N(C)C)c4c(C5C6CNCC65)nn(C5CC5)c4c3F)c12. The van der Waals surface area contributed by atoms with Gasteiger partial charge < -0.3 is 15.3 Å². The number of benzene rings is 2. The highest BCUT2D eigenvalue weighted by atomic mass is 19.1. The van der Waals surface area contributed by atoms with Crippen LogP contribution in [0.1, 0.15) is 36.1 Å². The molecule has 0 bridgehead atoms. The highest BCUT2D eigenvalue weighted by molar-refractivity contribution is 6.04. The van der Waals surface area contributed by atoms with E-state index in [1.165, 1.54) is 24.3 Å². The van der Waals surface area contributed by atoms with Crippen molar-refractivity contribution in [3.8, 4) is 29.4 Å². The summed E-state index contributed by atoms with van der Waals surface area (Å²) in [6, 6.07) is 5.85. The zero-order valence-electron chi connectivity index (χ0n) is 20.0. The molecule has 6 nitrogen and oxygen atoms in total. The third-order valence-corrected chi connectivity index (χ3v) is 7.97. The second kappa shape index (κ2) is 7.40. The van der Waals surface area contributed by atoms with Crippen LogP contribution in [-0.2, 0) is 0 Å². The smallest absolute Gasteiger partial charge is 0.175 e. The summed E-state index contributed by atoms with van der Waals surface area (Å²) in [4.78, 5) is 6.68. The summed E-state index contributed by atoms with van der Waals surface area (Å²) in [7, 11) is 3.76. The van der Waals surface area contributed by atoms with Crippen molar-refractivity contribution in [3.05, 3.63) is 47.2 Å². The van der Waals surface area contributed by atoms with Crippen LogP contribution in [0.4, 0.5) is 14.6 Å². The molecular weight excluding hydrogens is 460 g/mol. The van der Waals surface area contributed by atoms with Crippen molar-refractivity contribution in [1.82, 2.24) is 20.1 Å². The number of hydrogen-bond donors (Lipinski definition) is 2. The van der Waals surface area contributed by atoms with Gasteiger partial charge in [0.05, 0.1) is 22.7 Å². The van der Waals surface area contributed by atoms with Crippen molar-refractivity contribution in [1.29, 1.82) is 0 Å². The Kier molecular flexibility index (Phi) is 4.44. The number of rotatable bonds is 4. The first-order valence-corrected chi connectivity index (χ1v) is 12.3. The van der Waals surface area contributed by atoms with Gasteiger partial charge in [0.2, 0.25) is 0 Å². The molecule has 2 aromatic carbocycles. The summed E-state index contributed by atoms with van der Waals surface area (Å²) in [5.74, 6) is 3.17. The van der Waals surface area contributed by atoms with Gasteiger partial charge in [-0.1, -0.05) is 12.0 Å². The average molecular weight is 486 g/mol.